The molecule has 0 saturated carbocycles. The Hall–Kier alpha value is -1.59. The zero-order chi connectivity index (χ0) is 21.0. The van der Waals surface area contributed by atoms with Gasteiger partial charge in [0.25, 0.3) is 0 Å². The largest absolute Gasteiger partial charge is 0.358 e. The van der Waals surface area contributed by atoms with Crippen molar-refractivity contribution >= 4 is 30.3 Å². The van der Waals surface area contributed by atoms with Crippen molar-refractivity contribution < 1.29 is 13.4 Å². The van der Waals surface area contributed by atoms with Crippen molar-refractivity contribution in [2.24, 2.45) is 4.99 Å². The van der Waals surface area contributed by atoms with Gasteiger partial charge >= 0.3 is 0 Å². The van der Waals surface area contributed by atoms with Crippen molar-refractivity contribution in [2.75, 3.05) is 20.3 Å². The van der Waals surface area contributed by atoms with Gasteiger partial charge in [-0.25, -0.2) is 9.38 Å². The van der Waals surface area contributed by atoms with Crippen molar-refractivity contribution in [1.82, 2.24) is 4.90 Å². The summed E-state index contributed by atoms with van der Waals surface area (Å²) in [6.07, 6.45) is 2.38. The highest BCUT2D eigenvalue weighted by Crippen LogP contribution is 2.52. The lowest BCUT2D eigenvalue weighted by atomic mass is 9.86. The maximum absolute atomic E-state index is 14.6. The molecule has 0 radical (unpaired) electrons. The Morgan fingerprint density at radius 2 is 1.79 bits per heavy atom. The van der Waals surface area contributed by atoms with Gasteiger partial charge < -0.3 is 13.9 Å². The highest BCUT2D eigenvalue weighted by atomic mass is 32.5. The lowest BCUT2D eigenvalue weighted by Crippen LogP contribution is -2.30. The Bertz CT molecular complexity index is 910. The summed E-state index contributed by atoms with van der Waals surface area (Å²) in [5, 5.41) is 0. The Labute approximate surface area is 177 Å². The van der Waals surface area contributed by atoms with E-state index in [4.69, 9.17) is 20.9 Å². The van der Waals surface area contributed by atoms with E-state index in [1.807, 2.05) is 31.9 Å². The number of fused-ring (bicyclic) bond motifs is 1. The molecule has 0 aliphatic carbocycles. The molecule has 0 amide bonds. The molecule has 4 nitrogen and oxygen atoms in total. The molecule has 0 aromatic heterocycles. The summed E-state index contributed by atoms with van der Waals surface area (Å²) < 4.78 is 26.1. The molecule has 3 rings (SSSR count). The first-order valence-corrected chi connectivity index (χ1v) is 12.7. The van der Waals surface area contributed by atoms with Crippen LogP contribution in [0.5, 0.6) is 0 Å². The van der Waals surface area contributed by atoms with Crippen LogP contribution in [-0.4, -0.2) is 31.5 Å². The van der Waals surface area contributed by atoms with Crippen LogP contribution < -0.4 is 0 Å². The van der Waals surface area contributed by atoms with E-state index in [9.17, 15) is 4.39 Å². The van der Waals surface area contributed by atoms with Gasteiger partial charge in [0.1, 0.15) is 5.82 Å². The van der Waals surface area contributed by atoms with Crippen LogP contribution in [0.25, 0.3) is 0 Å². The van der Waals surface area contributed by atoms with Crippen molar-refractivity contribution in [1.29, 1.82) is 0 Å². The molecule has 2 unspecified atom stereocenters. The van der Waals surface area contributed by atoms with Crippen molar-refractivity contribution in [2.45, 2.75) is 38.9 Å². The second kappa shape index (κ2) is 9.48. The summed E-state index contributed by atoms with van der Waals surface area (Å²) in [6.45, 7) is 4.78. The summed E-state index contributed by atoms with van der Waals surface area (Å²) >= 11 is 5.65. The fraction of sp³-hybridized carbons (Fsp3) is 0.409. The second-order valence-corrected chi connectivity index (χ2v) is 10.9. The Kier molecular flexibility index (Phi) is 7.23. The van der Waals surface area contributed by atoms with E-state index in [0.29, 0.717) is 30.6 Å². The van der Waals surface area contributed by atoms with Crippen LogP contribution in [0.2, 0.25) is 0 Å². The molecule has 0 spiro atoms. The molecular formula is C22H28FN2O2PS. The molecule has 29 heavy (non-hydrogen) atoms. The van der Waals surface area contributed by atoms with Gasteiger partial charge in [-0.15, -0.1) is 0 Å². The molecule has 156 valence electrons. The van der Waals surface area contributed by atoms with E-state index in [-0.39, 0.29) is 17.8 Å². The van der Waals surface area contributed by atoms with Gasteiger partial charge in [-0.3, -0.25) is 0 Å². The molecule has 2 aromatic rings. The van der Waals surface area contributed by atoms with E-state index < -0.39 is 6.49 Å². The van der Waals surface area contributed by atoms with Crippen LogP contribution in [0.4, 0.5) is 10.1 Å². The molecule has 2 atom stereocenters. The number of hydrogen-bond acceptors (Lipinski definition) is 5. The fourth-order valence-corrected chi connectivity index (χ4v) is 6.60. The number of rotatable bonds is 8. The Morgan fingerprint density at radius 1 is 1.14 bits per heavy atom. The van der Waals surface area contributed by atoms with Gasteiger partial charge in [-0.1, -0.05) is 37.3 Å². The summed E-state index contributed by atoms with van der Waals surface area (Å²) in [6, 6.07) is 13.3. The first kappa shape index (κ1) is 22.1. The molecule has 0 saturated heterocycles. The lowest BCUT2D eigenvalue weighted by molar-refractivity contribution is 0.266. The number of halogens is 1. The summed E-state index contributed by atoms with van der Waals surface area (Å²) in [5.74, 6) is -0.132. The predicted octanol–water partition coefficient (Wildman–Crippen LogP) is 6.16. The third-order valence-electron chi connectivity index (χ3n) is 5.15. The number of aliphatic imine (C=N–C) groups is 1. The van der Waals surface area contributed by atoms with Crippen LogP contribution in [0.3, 0.4) is 0 Å². The quantitative estimate of drug-likeness (QED) is 0.466. The Balaban J connectivity index is 1.83. The molecule has 0 fully saturated rings. The van der Waals surface area contributed by atoms with Gasteiger partial charge in [-0.05, 0) is 48.9 Å². The SMILES string of the molecule is CCOP(=S)(Cc1ccc(C(C)C2c3c(F)cccc3N=CN2C)cc1)OCC. The van der Waals surface area contributed by atoms with Crippen LogP contribution in [0.15, 0.2) is 47.5 Å². The lowest BCUT2D eigenvalue weighted by Gasteiger charge is -2.35. The number of nitrogens with zero attached hydrogens (tertiary/aromatic N) is 2. The van der Waals surface area contributed by atoms with Gasteiger partial charge in [0, 0.05) is 24.7 Å². The standard InChI is InChI=1S/C22H28FN2O2PS/c1-5-26-28(29,27-6-2)14-17-10-12-18(13-11-17)16(3)22-21-19(23)8-7-9-20(21)24-15-25(22)4/h7-13,15-16,22H,5-6,14H2,1-4H3. The number of likely N-dealkylation sites (N-methyl/N-ethyl adjacent to an activating group) is 1. The highest BCUT2D eigenvalue weighted by molar-refractivity contribution is 8.09. The maximum Gasteiger partial charge on any atom is 0.193 e. The average molecular weight is 435 g/mol. The summed E-state index contributed by atoms with van der Waals surface area (Å²) in [5.41, 5.74) is 3.58. The zero-order valence-electron chi connectivity index (χ0n) is 17.3. The van der Waals surface area contributed by atoms with E-state index >= 15 is 0 Å². The van der Waals surface area contributed by atoms with Gasteiger partial charge in [0.15, 0.2) is 6.49 Å². The van der Waals surface area contributed by atoms with Crippen molar-refractivity contribution in [3.05, 3.63) is 65.0 Å². The minimum absolute atomic E-state index is 0.0817. The van der Waals surface area contributed by atoms with E-state index in [2.05, 4.69) is 36.2 Å². The van der Waals surface area contributed by atoms with Gasteiger partial charge in [0.2, 0.25) is 0 Å². The van der Waals surface area contributed by atoms with Crippen LogP contribution in [0, 0.1) is 5.82 Å². The minimum atomic E-state index is -2.31. The summed E-state index contributed by atoms with van der Waals surface area (Å²) in [7, 11) is 1.94. The zero-order valence-corrected chi connectivity index (χ0v) is 19.1. The maximum atomic E-state index is 14.6. The first-order valence-electron chi connectivity index (χ1n) is 9.90. The van der Waals surface area contributed by atoms with Gasteiger partial charge in [-0.2, -0.15) is 0 Å². The summed E-state index contributed by atoms with van der Waals surface area (Å²) in [4.78, 5) is 6.36. The third-order valence-corrected chi connectivity index (χ3v) is 8.23. The topological polar surface area (TPSA) is 34.1 Å². The molecule has 1 aliphatic heterocycles. The van der Waals surface area contributed by atoms with Crippen LogP contribution in [-0.2, 0) is 27.0 Å². The normalized spacial score (nSPS) is 17.3. The Morgan fingerprint density at radius 3 is 2.41 bits per heavy atom. The van der Waals surface area contributed by atoms with Crippen molar-refractivity contribution in [3.8, 4) is 0 Å². The van der Waals surface area contributed by atoms with E-state index in [1.165, 1.54) is 6.07 Å². The van der Waals surface area contributed by atoms with Crippen molar-refractivity contribution in [3.63, 3.8) is 0 Å². The monoisotopic (exact) mass is 434 g/mol. The number of benzene rings is 2. The average Bonchev–Trinajstić information content (AvgIpc) is 2.69. The van der Waals surface area contributed by atoms with E-state index in [0.717, 1.165) is 11.1 Å². The molecule has 7 heteroatoms. The van der Waals surface area contributed by atoms with Gasteiger partial charge in [0.05, 0.1) is 31.3 Å². The second-order valence-electron chi connectivity index (χ2n) is 7.16. The predicted molar refractivity (Wildman–Crippen MR) is 121 cm³/mol. The third kappa shape index (κ3) is 4.95. The molecular weight excluding hydrogens is 406 g/mol. The number of hydrogen-bond donors (Lipinski definition) is 0. The first-order chi connectivity index (χ1) is 13.9. The minimum Gasteiger partial charge on any atom is -0.358 e. The molecule has 2 aromatic carbocycles. The van der Waals surface area contributed by atoms with Crippen LogP contribution in [0.1, 0.15) is 49.4 Å². The molecule has 1 heterocycles. The highest BCUT2D eigenvalue weighted by Gasteiger charge is 2.31. The molecule has 0 bridgehead atoms. The van der Waals surface area contributed by atoms with Crippen LogP contribution >= 0.6 is 6.49 Å². The fourth-order valence-electron chi connectivity index (χ4n) is 3.82. The molecule has 0 N–H and O–H groups in total. The molecule has 1 aliphatic rings. The van der Waals surface area contributed by atoms with E-state index in [1.54, 1.807) is 12.4 Å². The smallest absolute Gasteiger partial charge is 0.193 e.